The Morgan fingerprint density at radius 3 is 2.86 bits per heavy atom. The Bertz CT molecular complexity index is 459. The summed E-state index contributed by atoms with van der Waals surface area (Å²) in [6.45, 7) is 2.08. The number of anilines is 1. The number of para-hydroxylation sites is 2. The van der Waals surface area contributed by atoms with Gasteiger partial charge >= 0.3 is 0 Å². The number of hydrogen-bond donors (Lipinski definition) is 2. The summed E-state index contributed by atoms with van der Waals surface area (Å²) in [5.74, 6) is 0.751. The molecule has 1 unspecified atom stereocenters. The number of nitrogens with one attached hydrogen (secondary N) is 1. The SMILES string of the molecule is NCCCCCCC(=O)Nc1ccccc1OC1CCOC1. The summed E-state index contributed by atoms with van der Waals surface area (Å²) in [4.78, 5) is 12.0. The van der Waals surface area contributed by atoms with Crippen molar-refractivity contribution in [2.24, 2.45) is 5.73 Å². The Balaban J connectivity index is 1.79. The molecule has 5 heteroatoms. The third-order valence-corrected chi connectivity index (χ3v) is 3.70. The molecule has 1 amide bonds. The zero-order valence-corrected chi connectivity index (χ0v) is 13.1. The smallest absolute Gasteiger partial charge is 0.224 e. The second kappa shape index (κ2) is 9.43. The van der Waals surface area contributed by atoms with Crippen molar-refractivity contribution < 1.29 is 14.3 Å². The number of benzene rings is 1. The summed E-state index contributed by atoms with van der Waals surface area (Å²) in [6, 6.07) is 7.56. The summed E-state index contributed by atoms with van der Waals surface area (Å²) in [6.07, 6.45) is 5.56. The molecular formula is C17H26N2O3. The zero-order chi connectivity index (χ0) is 15.6. The van der Waals surface area contributed by atoms with Crippen molar-refractivity contribution >= 4 is 11.6 Å². The van der Waals surface area contributed by atoms with E-state index in [-0.39, 0.29) is 12.0 Å². The van der Waals surface area contributed by atoms with Crippen molar-refractivity contribution in [3.05, 3.63) is 24.3 Å². The molecule has 5 nitrogen and oxygen atoms in total. The van der Waals surface area contributed by atoms with Crippen molar-refractivity contribution in [1.29, 1.82) is 0 Å². The first-order chi connectivity index (χ1) is 10.8. The highest BCUT2D eigenvalue weighted by Gasteiger charge is 2.18. The van der Waals surface area contributed by atoms with Crippen molar-refractivity contribution in [3.8, 4) is 5.75 Å². The molecule has 0 aliphatic carbocycles. The number of ether oxygens (including phenoxy) is 2. The van der Waals surface area contributed by atoms with E-state index in [1.807, 2.05) is 24.3 Å². The van der Waals surface area contributed by atoms with E-state index < -0.39 is 0 Å². The summed E-state index contributed by atoms with van der Waals surface area (Å²) >= 11 is 0. The molecule has 1 aliphatic heterocycles. The van der Waals surface area contributed by atoms with Crippen LogP contribution in [0, 0.1) is 0 Å². The van der Waals surface area contributed by atoms with Gasteiger partial charge in [-0.25, -0.2) is 0 Å². The number of unbranched alkanes of at least 4 members (excludes halogenated alkanes) is 3. The Morgan fingerprint density at radius 1 is 1.27 bits per heavy atom. The average Bonchev–Trinajstić information content (AvgIpc) is 3.02. The molecule has 0 aromatic heterocycles. The minimum absolute atomic E-state index is 0.0338. The second-order valence-corrected chi connectivity index (χ2v) is 5.60. The van der Waals surface area contributed by atoms with Crippen LogP contribution in [-0.4, -0.2) is 31.8 Å². The van der Waals surface area contributed by atoms with E-state index in [2.05, 4.69) is 5.32 Å². The fraction of sp³-hybridized carbons (Fsp3) is 0.588. The molecule has 2 rings (SSSR count). The zero-order valence-electron chi connectivity index (χ0n) is 13.1. The highest BCUT2D eigenvalue weighted by atomic mass is 16.5. The van der Waals surface area contributed by atoms with Gasteiger partial charge in [-0.2, -0.15) is 0 Å². The van der Waals surface area contributed by atoms with E-state index in [1.165, 1.54) is 0 Å². The molecule has 3 N–H and O–H groups in total. The Labute approximate surface area is 132 Å². The number of nitrogens with two attached hydrogens (primary N) is 1. The molecular weight excluding hydrogens is 280 g/mol. The van der Waals surface area contributed by atoms with E-state index in [0.717, 1.165) is 56.7 Å². The summed E-state index contributed by atoms with van der Waals surface area (Å²) in [5, 5.41) is 2.95. The van der Waals surface area contributed by atoms with Crippen LogP contribution in [-0.2, 0) is 9.53 Å². The molecule has 0 bridgehead atoms. The maximum atomic E-state index is 12.0. The van der Waals surface area contributed by atoms with Crippen molar-refractivity contribution in [1.82, 2.24) is 0 Å². The van der Waals surface area contributed by atoms with Gasteiger partial charge in [0.25, 0.3) is 0 Å². The lowest BCUT2D eigenvalue weighted by Crippen LogP contribution is -2.18. The van der Waals surface area contributed by atoms with Gasteiger partial charge < -0.3 is 20.5 Å². The van der Waals surface area contributed by atoms with Gasteiger partial charge in [0.2, 0.25) is 5.91 Å². The molecule has 1 aromatic carbocycles. The van der Waals surface area contributed by atoms with Crippen LogP contribution in [0.25, 0.3) is 0 Å². The van der Waals surface area contributed by atoms with Crippen LogP contribution in [0.15, 0.2) is 24.3 Å². The Morgan fingerprint density at radius 2 is 2.09 bits per heavy atom. The average molecular weight is 306 g/mol. The predicted molar refractivity (Wildman–Crippen MR) is 87.1 cm³/mol. The lowest BCUT2D eigenvalue weighted by atomic mass is 10.1. The lowest BCUT2D eigenvalue weighted by Gasteiger charge is -2.16. The molecule has 1 saturated heterocycles. The lowest BCUT2D eigenvalue weighted by molar-refractivity contribution is -0.116. The van der Waals surface area contributed by atoms with E-state index in [0.29, 0.717) is 13.0 Å². The molecule has 0 radical (unpaired) electrons. The molecule has 22 heavy (non-hydrogen) atoms. The fourth-order valence-electron chi connectivity index (χ4n) is 2.45. The molecule has 0 spiro atoms. The highest BCUT2D eigenvalue weighted by molar-refractivity contribution is 5.92. The van der Waals surface area contributed by atoms with E-state index in [1.54, 1.807) is 0 Å². The van der Waals surface area contributed by atoms with Crippen LogP contribution in [0.4, 0.5) is 5.69 Å². The van der Waals surface area contributed by atoms with E-state index in [4.69, 9.17) is 15.2 Å². The van der Waals surface area contributed by atoms with Gasteiger partial charge in [0, 0.05) is 12.8 Å². The van der Waals surface area contributed by atoms with Crippen LogP contribution in [0.2, 0.25) is 0 Å². The van der Waals surface area contributed by atoms with E-state index in [9.17, 15) is 4.79 Å². The van der Waals surface area contributed by atoms with Crippen molar-refractivity contribution in [3.63, 3.8) is 0 Å². The first kappa shape index (κ1) is 16.8. The van der Waals surface area contributed by atoms with E-state index >= 15 is 0 Å². The summed E-state index contributed by atoms with van der Waals surface area (Å²) < 4.78 is 11.2. The molecule has 1 aromatic rings. The van der Waals surface area contributed by atoms with Gasteiger partial charge in [-0.3, -0.25) is 4.79 Å². The minimum atomic E-state index is 0.0338. The van der Waals surface area contributed by atoms with Gasteiger partial charge in [0.1, 0.15) is 11.9 Å². The van der Waals surface area contributed by atoms with Crippen LogP contribution in [0.3, 0.4) is 0 Å². The van der Waals surface area contributed by atoms with Gasteiger partial charge in [-0.1, -0.05) is 25.0 Å². The van der Waals surface area contributed by atoms with Gasteiger partial charge in [0.15, 0.2) is 0 Å². The Kier molecular flexibility index (Phi) is 7.19. The Hall–Kier alpha value is -1.59. The largest absolute Gasteiger partial charge is 0.486 e. The van der Waals surface area contributed by atoms with Crippen LogP contribution >= 0.6 is 0 Å². The molecule has 0 saturated carbocycles. The quantitative estimate of drug-likeness (QED) is 0.688. The van der Waals surface area contributed by atoms with Gasteiger partial charge in [-0.15, -0.1) is 0 Å². The standard InChI is InChI=1S/C17H26N2O3/c18-11-6-2-1-3-9-17(20)19-15-7-4-5-8-16(15)22-14-10-12-21-13-14/h4-5,7-8,14H,1-3,6,9-13,18H2,(H,19,20). The van der Waals surface area contributed by atoms with Crippen molar-refractivity contribution in [2.75, 3.05) is 25.1 Å². The maximum absolute atomic E-state index is 12.0. The third-order valence-electron chi connectivity index (χ3n) is 3.70. The van der Waals surface area contributed by atoms with Gasteiger partial charge in [-0.05, 0) is 31.5 Å². The maximum Gasteiger partial charge on any atom is 0.224 e. The molecule has 122 valence electrons. The first-order valence-electron chi connectivity index (χ1n) is 8.13. The minimum Gasteiger partial charge on any atom is -0.486 e. The highest BCUT2D eigenvalue weighted by Crippen LogP contribution is 2.26. The summed E-state index contributed by atoms with van der Waals surface area (Å²) in [5.41, 5.74) is 6.19. The first-order valence-corrected chi connectivity index (χ1v) is 8.13. The number of carbonyl (C=O) groups excluding carboxylic acids is 1. The molecule has 1 heterocycles. The topological polar surface area (TPSA) is 73.6 Å². The number of carbonyl (C=O) groups is 1. The number of rotatable bonds is 9. The van der Waals surface area contributed by atoms with Gasteiger partial charge in [0.05, 0.1) is 18.9 Å². The van der Waals surface area contributed by atoms with Crippen LogP contribution in [0.1, 0.15) is 38.5 Å². The second-order valence-electron chi connectivity index (χ2n) is 5.60. The van der Waals surface area contributed by atoms with Crippen LogP contribution in [0.5, 0.6) is 5.75 Å². The fourth-order valence-corrected chi connectivity index (χ4v) is 2.45. The normalized spacial score (nSPS) is 17.4. The monoisotopic (exact) mass is 306 g/mol. The molecule has 1 fully saturated rings. The van der Waals surface area contributed by atoms with Crippen LogP contribution < -0.4 is 15.8 Å². The molecule has 1 atom stereocenters. The summed E-state index contributed by atoms with van der Waals surface area (Å²) in [7, 11) is 0. The third kappa shape index (κ3) is 5.66. The number of hydrogen-bond acceptors (Lipinski definition) is 4. The molecule has 1 aliphatic rings. The number of amides is 1. The van der Waals surface area contributed by atoms with Crippen molar-refractivity contribution in [2.45, 2.75) is 44.6 Å². The predicted octanol–water partition coefficient (Wildman–Crippen LogP) is 2.70.